The second kappa shape index (κ2) is 6.21. The third-order valence-corrected chi connectivity index (χ3v) is 4.78. The zero-order valence-corrected chi connectivity index (χ0v) is 14.0. The Hall–Kier alpha value is -2.29. The highest BCUT2D eigenvalue weighted by atomic mass is 35.5. The molecule has 2 aromatic rings. The van der Waals surface area contributed by atoms with Gasteiger partial charge in [-0.3, -0.25) is 0 Å². The molecule has 25 heavy (non-hydrogen) atoms. The van der Waals surface area contributed by atoms with Crippen LogP contribution in [0.4, 0.5) is 8.78 Å². The number of carbonyl (C=O) groups is 1. The van der Waals surface area contributed by atoms with Crippen molar-refractivity contribution in [3.05, 3.63) is 64.2 Å². The van der Waals surface area contributed by atoms with E-state index in [4.69, 9.17) is 21.5 Å². The number of esters is 1. The van der Waals surface area contributed by atoms with Crippen LogP contribution in [0.5, 0.6) is 0 Å². The topological polar surface area (TPSA) is 86.5 Å². The van der Waals surface area contributed by atoms with E-state index in [-0.39, 0.29) is 23.3 Å². The molecule has 0 saturated heterocycles. The third-order valence-electron chi connectivity index (χ3n) is 3.62. The van der Waals surface area contributed by atoms with Crippen molar-refractivity contribution in [3.8, 4) is 0 Å². The van der Waals surface area contributed by atoms with Gasteiger partial charge in [0, 0.05) is 16.2 Å². The average molecular weight is 386 g/mol. The smallest absolute Gasteiger partial charge is 0.339 e. The second-order valence-electron chi connectivity index (χ2n) is 5.25. The van der Waals surface area contributed by atoms with Gasteiger partial charge in [0.15, 0.2) is 0 Å². The first-order valence-corrected chi connectivity index (χ1v) is 8.79. The quantitative estimate of drug-likeness (QED) is 0.823. The Morgan fingerprint density at radius 3 is 2.48 bits per heavy atom. The molecule has 2 aromatic carbocycles. The molecule has 0 spiro atoms. The molecule has 0 atom stereocenters. The molecular weight excluding hydrogens is 376 g/mol. The van der Waals surface area contributed by atoms with Crippen LogP contribution in [0, 0.1) is 11.6 Å². The van der Waals surface area contributed by atoms with Gasteiger partial charge in [0.05, 0.1) is 5.57 Å². The van der Waals surface area contributed by atoms with Crippen molar-refractivity contribution in [1.82, 2.24) is 0 Å². The lowest BCUT2D eigenvalue weighted by Gasteiger charge is -2.09. The van der Waals surface area contributed by atoms with Crippen LogP contribution in [0.1, 0.15) is 11.1 Å². The number of cyclic esters (lactones) is 1. The lowest BCUT2D eigenvalue weighted by molar-refractivity contribution is -0.133. The maximum absolute atomic E-state index is 14.4. The van der Waals surface area contributed by atoms with Crippen molar-refractivity contribution in [3.63, 3.8) is 0 Å². The van der Waals surface area contributed by atoms with Crippen LogP contribution in [0.3, 0.4) is 0 Å². The van der Waals surface area contributed by atoms with E-state index in [1.807, 2.05) is 0 Å². The fourth-order valence-corrected chi connectivity index (χ4v) is 3.32. The van der Waals surface area contributed by atoms with Crippen LogP contribution in [-0.4, -0.2) is 21.0 Å². The standard InChI is InChI=1S/C16H10ClF2NO4S/c17-9-3-1-2-8(4-9)15-11(7-24-16(15)21)10-5-13(19)14(6-12(10)18)25(20,22)23/h1-6H,7H2,(H2,20,22,23). The molecule has 0 amide bonds. The number of hydrogen-bond acceptors (Lipinski definition) is 4. The largest absolute Gasteiger partial charge is 0.457 e. The van der Waals surface area contributed by atoms with Gasteiger partial charge < -0.3 is 4.74 Å². The number of halogens is 3. The van der Waals surface area contributed by atoms with Gasteiger partial charge in [-0.2, -0.15) is 0 Å². The Labute approximate surface area is 146 Å². The first kappa shape index (κ1) is 17.5. The lowest BCUT2D eigenvalue weighted by atomic mass is 9.96. The van der Waals surface area contributed by atoms with E-state index in [9.17, 15) is 22.0 Å². The molecule has 0 radical (unpaired) electrons. The Bertz CT molecular complexity index is 1030. The number of rotatable bonds is 3. The van der Waals surface area contributed by atoms with Crippen molar-refractivity contribution >= 4 is 38.7 Å². The van der Waals surface area contributed by atoms with E-state index in [1.165, 1.54) is 6.07 Å². The lowest BCUT2D eigenvalue weighted by Crippen LogP contribution is -2.15. The van der Waals surface area contributed by atoms with E-state index in [1.54, 1.807) is 18.2 Å². The number of primary sulfonamides is 1. The second-order valence-corrected chi connectivity index (χ2v) is 7.21. The minimum Gasteiger partial charge on any atom is -0.457 e. The van der Waals surface area contributed by atoms with Crippen molar-refractivity contribution in [2.24, 2.45) is 5.14 Å². The molecule has 0 bridgehead atoms. The summed E-state index contributed by atoms with van der Waals surface area (Å²) in [7, 11) is -4.43. The molecule has 1 aliphatic rings. The molecule has 9 heteroatoms. The van der Waals surface area contributed by atoms with Crippen LogP contribution >= 0.6 is 11.6 Å². The summed E-state index contributed by atoms with van der Waals surface area (Å²) in [4.78, 5) is 11.1. The van der Waals surface area contributed by atoms with Crippen molar-refractivity contribution < 1.29 is 26.7 Å². The fraction of sp³-hybridized carbons (Fsp3) is 0.0625. The molecule has 1 heterocycles. The summed E-state index contributed by atoms with van der Waals surface area (Å²) in [6.45, 7) is -0.286. The number of nitrogens with two attached hydrogens (primary N) is 1. The van der Waals surface area contributed by atoms with Crippen molar-refractivity contribution in [2.45, 2.75) is 4.90 Å². The van der Waals surface area contributed by atoms with E-state index < -0.39 is 32.5 Å². The zero-order chi connectivity index (χ0) is 18.4. The number of hydrogen-bond donors (Lipinski definition) is 1. The summed E-state index contributed by atoms with van der Waals surface area (Å²) >= 11 is 5.90. The molecule has 2 N–H and O–H groups in total. The molecule has 0 aromatic heterocycles. The monoisotopic (exact) mass is 385 g/mol. The van der Waals surface area contributed by atoms with Crippen LogP contribution < -0.4 is 5.14 Å². The van der Waals surface area contributed by atoms with Gasteiger partial charge in [-0.1, -0.05) is 23.7 Å². The maximum Gasteiger partial charge on any atom is 0.339 e. The summed E-state index contributed by atoms with van der Waals surface area (Å²) in [6, 6.07) is 7.39. The van der Waals surface area contributed by atoms with E-state index >= 15 is 0 Å². The summed E-state index contributed by atoms with van der Waals surface area (Å²) in [5.41, 5.74) is 0.208. The molecule has 0 fully saturated rings. The molecule has 0 saturated carbocycles. The number of carbonyl (C=O) groups excluding carboxylic acids is 1. The van der Waals surface area contributed by atoms with Gasteiger partial charge in [0.25, 0.3) is 0 Å². The predicted octanol–water partition coefficient (Wildman–Crippen LogP) is 2.73. The predicted molar refractivity (Wildman–Crippen MR) is 87.0 cm³/mol. The summed E-state index contributed by atoms with van der Waals surface area (Å²) in [5.74, 6) is -2.98. The summed E-state index contributed by atoms with van der Waals surface area (Å²) < 4.78 is 56.0. The first-order valence-electron chi connectivity index (χ1n) is 6.87. The van der Waals surface area contributed by atoms with E-state index in [0.29, 0.717) is 22.7 Å². The highest BCUT2D eigenvalue weighted by molar-refractivity contribution is 7.89. The van der Waals surface area contributed by atoms with Gasteiger partial charge >= 0.3 is 5.97 Å². The third kappa shape index (κ3) is 3.28. The van der Waals surface area contributed by atoms with Gasteiger partial charge in [0.1, 0.15) is 23.1 Å². The molecular formula is C16H10ClF2NO4S. The Morgan fingerprint density at radius 1 is 1.12 bits per heavy atom. The number of sulfonamides is 1. The molecule has 5 nitrogen and oxygen atoms in total. The number of ether oxygens (including phenoxy) is 1. The Morgan fingerprint density at radius 2 is 1.84 bits per heavy atom. The van der Waals surface area contributed by atoms with Gasteiger partial charge in [-0.05, 0) is 29.8 Å². The van der Waals surface area contributed by atoms with Gasteiger partial charge in [-0.25, -0.2) is 27.1 Å². The van der Waals surface area contributed by atoms with Crippen LogP contribution in [0.25, 0.3) is 11.1 Å². The molecule has 1 aliphatic heterocycles. The molecule has 0 aliphatic carbocycles. The maximum atomic E-state index is 14.4. The van der Waals surface area contributed by atoms with Gasteiger partial charge in [-0.15, -0.1) is 0 Å². The van der Waals surface area contributed by atoms with E-state index in [2.05, 4.69) is 0 Å². The van der Waals surface area contributed by atoms with E-state index in [0.717, 1.165) is 0 Å². The minimum atomic E-state index is -4.43. The SMILES string of the molecule is NS(=O)(=O)c1cc(F)c(C2=C(c3cccc(Cl)c3)C(=O)OC2)cc1F. The normalized spacial score (nSPS) is 14.8. The molecule has 0 unspecified atom stereocenters. The average Bonchev–Trinajstić information content (AvgIpc) is 2.89. The van der Waals surface area contributed by atoms with Crippen LogP contribution in [0.2, 0.25) is 5.02 Å². The summed E-state index contributed by atoms with van der Waals surface area (Å²) in [6.07, 6.45) is 0. The van der Waals surface area contributed by atoms with Crippen LogP contribution in [0.15, 0.2) is 41.3 Å². The number of benzene rings is 2. The van der Waals surface area contributed by atoms with Crippen molar-refractivity contribution in [1.29, 1.82) is 0 Å². The Balaban J connectivity index is 2.23. The van der Waals surface area contributed by atoms with Crippen molar-refractivity contribution in [2.75, 3.05) is 6.61 Å². The minimum absolute atomic E-state index is 0.0316. The zero-order valence-electron chi connectivity index (χ0n) is 12.4. The fourth-order valence-electron chi connectivity index (χ4n) is 2.53. The molecule has 3 rings (SSSR count). The summed E-state index contributed by atoms with van der Waals surface area (Å²) in [5, 5.41) is 5.19. The highest BCUT2D eigenvalue weighted by Crippen LogP contribution is 2.35. The first-order chi connectivity index (χ1) is 11.7. The van der Waals surface area contributed by atoms with Gasteiger partial charge in [0.2, 0.25) is 10.0 Å². The van der Waals surface area contributed by atoms with Crippen LogP contribution in [-0.2, 0) is 19.6 Å². The molecule has 130 valence electrons. The Kier molecular flexibility index (Phi) is 4.36. The highest BCUT2D eigenvalue weighted by Gasteiger charge is 2.30.